The van der Waals surface area contributed by atoms with Crippen molar-refractivity contribution in [3.63, 3.8) is 0 Å². The second kappa shape index (κ2) is 10.8. The van der Waals surface area contributed by atoms with Crippen LogP contribution in [0.5, 0.6) is 0 Å². The van der Waals surface area contributed by atoms with E-state index in [0.717, 1.165) is 0 Å². The standard InChI is InChI=1S/C47H33NSe/c1-47(2)40-19-9-6-16-34(40)35-28-25-32(29-41(35)47)48(42-20-10-7-15-33(42)30-13-4-3-5-14-30)43-21-12-18-38-36(43)26-23-31-24-27-39-37-17-8-11-22-44(37)49-46(39)45(31)38/h3-29H,1-2H3. The topological polar surface area (TPSA) is 3.24 Å². The van der Waals surface area contributed by atoms with Crippen molar-refractivity contribution in [3.8, 4) is 22.3 Å². The first-order chi connectivity index (χ1) is 24.1. The van der Waals surface area contributed by atoms with Crippen molar-refractivity contribution in [1.29, 1.82) is 0 Å². The molecular weight excluding hydrogens is 657 g/mol. The predicted molar refractivity (Wildman–Crippen MR) is 211 cm³/mol. The van der Waals surface area contributed by atoms with E-state index in [1.807, 2.05) is 0 Å². The van der Waals surface area contributed by atoms with Crippen LogP contribution in [0.25, 0.3) is 63.1 Å². The van der Waals surface area contributed by atoms with Crippen LogP contribution in [0.1, 0.15) is 25.0 Å². The van der Waals surface area contributed by atoms with Crippen molar-refractivity contribution in [2.45, 2.75) is 19.3 Å². The zero-order chi connectivity index (χ0) is 32.7. The summed E-state index contributed by atoms with van der Waals surface area (Å²) in [5, 5.41) is 8.08. The van der Waals surface area contributed by atoms with Gasteiger partial charge in [-0.1, -0.05) is 12.1 Å². The molecule has 1 aliphatic rings. The average Bonchev–Trinajstić information content (AvgIpc) is 3.64. The molecule has 49 heavy (non-hydrogen) atoms. The van der Waals surface area contributed by atoms with Crippen molar-refractivity contribution >= 4 is 72.4 Å². The molecule has 8 aromatic carbocycles. The van der Waals surface area contributed by atoms with E-state index in [1.165, 1.54) is 91.3 Å². The van der Waals surface area contributed by atoms with Crippen LogP contribution >= 0.6 is 0 Å². The Hall–Kier alpha value is -5.40. The molecule has 9 aromatic rings. The third-order valence-corrected chi connectivity index (χ3v) is 13.2. The minimum atomic E-state index is -0.0981. The van der Waals surface area contributed by atoms with Crippen LogP contribution in [-0.4, -0.2) is 14.5 Å². The number of fused-ring (bicyclic) bond motifs is 10. The van der Waals surface area contributed by atoms with Gasteiger partial charge in [-0.25, -0.2) is 0 Å². The van der Waals surface area contributed by atoms with Crippen LogP contribution in [0.15, 0.2) is 164 Å². The van der Waals surface area contributed by atoms with Gasteiger partial charge in [-0.2, -0.15) is 0 Å². The van der Waals surface area contributed by atoms with Crippen molar-refractivity contribution in [2.75, 3.05) is 4.90 Å². The van der Waals surface area contributed by atoms with Gasteiger partial charge in [-0.3, -0.25) is 0 Å². The Labute approximate surface area is 292 Å². The molecule has 1 nitrogen and oxygen atoms in total. The van der Waals surface area contributed by atoms with E-state index in [2.05, 4.69) is 183 Å². The van der Waals surface area contributed by atoms with Crippen molar-refractivity contribution < 1.29 is 0 Å². The molecule has 0 spiro atoms. The summed E-state index contributed by atoms with van der Waals surface area (Å²) in [6.45, 7) is 4.74. The Bertz CT molecular complexity index is 2750. The van der Waals surface area contributed by atoms with E-state index >= 15 is 0 Å². The van der Waals surface area contributed by atoms with E-state index in [0.29, 0.717) is 0 Å². The Morgan fingerprint density at radius 3 is 2.02 bits per heavy atom. The maximum absolute atomic E-state index is 2.51. The second-order valence-electron chi connectivity index (χ2n) is 13.7. The normalized spacial score (nSPS) is 13.3. The third-order valence-electron chi connectivity index (χ3n) is 10.7. The van der Waals surface area contributed by atoms with Crippen LogP contribution < -0.4 is 4.90 Å². The van der Waals surface area contributed by atoms with Gasteiger partial charge >= 0.3 is 282 Å². The fourth-order valence-corrected chi connectivity index (χ4v) is 11.0. The van der Waals surface area contributed by atoms with Crippen LogP contribution in [0, 0.1) is 0 Å². The number of hydrogen-bond donors (Lipinski definition) is 0. The second-order valence-corrected chi connectivity index (χ2v) is 15.9. The van der Waals surface area contributed by atoms with Gasteiger partial charge in [0, 0.05) is 0 Å². The minimum absolute atomic E-state index is 0.0981. The third kappa shape index (κ3) is 4.25. The van der Waals surface area contributed by atoms with Gasteiger partial charge in [0.1, 0.15) is 0 Å². The van der Waals surface area contributed by atoms with Gasteiger partial charge < -0.3 is 0 Å². The first kappa shape index (κ1) is 28.6. The number of rotatable bonds is 4. The van der Waals surface area contributed by atoms with E-state index < -0.39 is 0 Å². The maximum atomic E-state index is 2.51. The quantitative estimate of drug-likeness (QED) is 0.131. The molecule has 232 valence electrons. The molecule has 0 aliphatic heterocycles. The summed E-state index contributed by atoms with van der Waals surface area (Å²) >= 11 is 0.260. The summed E-state index contributed by atoms with van der Waals surface area (Å²) in [4.78, 5) is 2.51. The molecule has 1 heterocycles. The number of nitrogens with zero attached hydrogens (tertiary/aromatic N) is 1. The van der Waals surface area contributed by atoms with Gasteiger partial charge in [-0.15, -0.1) is 0 Å². The zero-order valence-electron chi connectivity index (χ0n) is 27.4. The molecule has 1 aliphatic carbocycles. The van der Waals surface area contributed by atoms with Gasteiger partial charge in [-0.05, 0) is 0 Å². The summed E-state index contributed by atoms with van der Waals surface area (Å²) < 4.78 is 2.98. The van der Waals surface area contributed by atoms with Gasteiger partial charge in [0.25, 0.3) is 0 Å². The van der Waals surface area contributed by atoms with Gasteiger partial charge in [0.2, 0.25) is 0 Å². The van der Waals surface area contributed by atoms with E-state index in [4.69, 9.17) is 0 Å². The summed E-state index contributed by atoms with van der Waals surface area (Å²) in [6, 6.07) is 61.0. The molecule has 10 rings (SSSR count). The fraction of sp³-hybridized carbons (Fsp3) is 0.0638. The van der Waals surface area contributed by atoms with Crippen molar-refractivity contribution in [1.82, 2.24) is 0 Å². The van der Waals surface area contributed by atoms with Gasteiger partial charge in [0.15, 0.2) is 0 Å². The fourth-order valence-electron chi connectivity index (χ4n) is 8.30. The van der Waals surface area contributed by atoms with Gasteiger partial charge in [0.05, 0.1) is 0 Å². The molecule has 0 fully saturated rings. The monoisotopic (exact) mass is 691 g/mol. The summed E-state index contributed by atoms with van der Waals surface area (Å²) in [7, 11) is 0. The van der Waals surface area contributed by atoms with Crippen molar-refractivity contribution in [3.05, 3.63) is 175 Å². The Morgan fingerprint density at radius 1 is 0.469 bits per heavy atom. The summed E-state index contributed by atoms with van der Waals surface area (Å²) in [5.41, 5.74) is 11.3. The molecule has 0 amide bonds. The Kier molecular flexibility index (Phi) is 6.31. The number of para-hydroxylation sites is 1. The van der Waals surface area contributed by atoms with Crippen LogP contribution in [0.2, 0.25) is 0 Å². The van der Waals surface area contributed by atoms with Crippen LogP contribution in [-0.2, 0) is 5.41 Å². The summed E-state index contributed by atoms with van der Waals surface area (Å²) in [5.74, 6) is 0. The van der Waals surface area contributed by atoms with Crippen LogP contribution in [0.3, 0.4) is 0 Å². The Balaban J connectivity index is 1.27. The molecule has 1 aromatic heterocycles. The Morgan fingerprint density at radius 2 is 1.14 bits per heavy atom. The van der Waals surface area contributed by atoms with E-state index in [9.17, 15) is 0 Å². The first-order valence-corrected chi connectivity index (χ1v) is 18.7. The number of anilines is 3. The molecule has 0 radical (unpaired) electrons. The zero-order valence-corrected chi connectivity index (χ0v) is 29.2. The molecule has 2 heteroatoms. The molecular formula is C47H33NSe. The molecule has 0 bridgehead atoms. The summed E-state index contributed by atoms with van der Waals surface area (Å²) in [6.07, 6.45) is 0. The average molecular weight is 691 g/mol. The van der Waals surface area contributed by atoms with E-state index in [1.54, 1.807) is 0 Å². The predicted octanol–water partition coefficient (Wildman–Crippen LogP) is 12.8. The van der Waals surface area contributed by atoms with Crippen molar-refractivity contribution in [2.24, 2.45) is 0 Å². The molecule has 0 saturated carbocycles. The molecule has 0 atom stereocenters. The molecule has 0 N–H and O–H groups in total. The van der Waals surface area contributed by atoms with E-state index in [-0.39, 0.29) is 19.9 Å². The number of hydrogen-bond acceptors (Lipinski definition) is 1. The molecule has 0 unspecified atom stereocenters. The first-order valence-electron chi connectivity index (χ1n) is 17.0. The van der Waals surface area contributed by atoms with Crippen LogP contribution in [0.4, 0.5) is 17.1 Å². The SMILES string of the molecule is CC1(C)c2ccccc2-c2ccc(N(c3ccccc3-c3ccccc3)c3cccc4c3ccc3ccc5c6ccccc6[se]c5c34)cc21. The number of benzene rings is 8. The molecule has 0 saturated heterocycles.